The molecule has 4 aromatic carbocycles. The van der Waals surface area contributed by atoms with Crippen LogP contribution in [0.25, 0.3) is 22.0 Å². The molecule has 36 heavy (non-hydrogen) atoms. The second-order valence-corrected chi connectivity index (χ2v) is 9.73. The first-order valence-electron chi connectivity index (χ1n) is 11.7. The van der Waals surface area contributed by atoms with Crippen LogP contribution in [0.1, 0.15) is 17.5 Å². The van der Waals surface area contributed by atoms with E-state index in [0.717, 1.165) is 44.8 Å². The van der Waals surface area contributed by atoms with Crippen molar-refractivity contribution in [3.05, 3.63) is 120 Å². The Morgan fingerprint density at radius 1 is 0.806 bits per heavy atom. The van der Waals surface area contributed by atoms with Crippen LogP contribution in [-0.2, 0) is 28.6 Å². The van der Waals surface area contributed by atoms with Crippen molar-refractivity contribution in [3.63, 3.8) is 0 Å². The number of aromatic amines is 1. The van der Waals surface area contributed by atoms with Crippen molar-refractivity contribution in [1.29, 1.82) is 0 Å². The number of benzene rings is 4. The smallest absolute Gasteiger partial charge is 0.150 e. The SMILES string of the molecule is O.O=C(CCc1ccc2cc[nH]c2c1)Cc1ccc(NS(=O)c2ccccc2-c2ccccc2)cc1. The molecular weight excluding hydrogens is 468 g/mol. The summed E-state index contributed by atoms with van der Waals surface area (Å²) >= 11 is 0. The van der Waals surface area contributed by atoms with E-state index in [0.29, 0.717) is 12.8 Å². The highest BCUT2D eigenvalue weighted by atomic mass is 32.2. The number of H-pyrrole nitrogens is 1. The molecule has 182 valence electrons. The van der Waals surface area contributed by atoms with Crippen molar-refractivity contribution < 1.29 is 14.5 Å². The predicted molar refractivity (Wildman–Crippen MR) is 147 cm³/mol. The van der Waals surface area contributed by atoms with E-state index in [2.05, 4.69) is 27.9 Å². The van der Waals surface area contributed by atoms with Crippen LogP contribution in [-0.4, -0.2) is 20.5 Å². The van der Waals surface area contributed by atoms with Crippen molar-refractivity contribution in [2.24, 2.45) is 0 Å². The van der Waals surface area contributed by atoms with E-state index in [1.54, 1.807) is 0 Å². The molecule has 5 aromatic rings. The molecule has 0 saturated carbocycles. The standard InChI is InChI=1S/C30H26N2O2S.H2O/c33-27(17-13-23-10-14-25-18-19-31-29(25)21-23)20-22-11-15-26(16-12-22)32-35(34)30-9-5-4-8-28(30)24-6-2-1-3-7-24;/h1-12,14-16,18-19,21,31-32H,13,17,20H2;1H2. The van der Waals surface area contributed by atoms with Crippen LogP contribution in [0.4, 0.5) is 5.69 Å². The van der Waals surface area contributed by atoms with Crippen LogP contribution < -0.4 is 4.72 Å². The number of nitrogens with one attached hydrogen (secondary N) is 2. The summed E-state index contributed by atoms with van der Waals surface area (Å²) in [6, 6.07) is 33.6. The van der Waals surface area contributed by atoms with E-state index in [9.17, 15) is 9.00 Å². The Labute approximate surface area is 213 Å². The number of hydrogen-bond acceptors (Lipinski definition) is 2. The maximum Gasteiger partial charge on any atom is 0.150 e. The maximum absolute atomic E-state index is 13.1. The minimum atomic E-state index is -1.41. The lowest BCUT2D eigenvalue weighted by atomic mass is 10.0. The monoisotopic (exact) mass is 496 g/mol. The van der Waals surface area contributed by atoms with Gasteiger partial charge in [0.2, 0.25) is 0 Å². The number of aromatic nitrogens is 1. The molecule has 1 heterocycles. The molecule has 0 radical (unpaired) electrons. The normalized spacial score (nSPS) is 11.6. The van der Waals surface area contributed by atoms with E-state index < -0.39 is 11.0 Å². The highest BCUT2D eigenvalue weighted by molar-refractivity contribution is 7.86. The molecule has 5 nitrogen and oxygen atoms in total. The quantitative estimate of drug-likeness (QED) is 0.266. The van der Waals surface area contributed by atoms with Gasteiger partial charge < -0.3 is 15.2 Å². The largest absolute Gasteiger partial charge is 0.412 e. The molecule has 0 fully saturated rings. The molecule has 0 amide bonds. The highest BCUT2D eigenvalue weighted by Crippen LogP contribution is 2.27. The van der Waals surface area contributed by atoms with Gasteiger partial charge in [-0.25, -0.2) is 4.21 Å². The van der Waals surface area contributed by atoms with Crippen molar-refractivity contribution in [2.45, 2.75) is 24.2 Å². The van der Waals surface area contributed by atoms with Crippen LogP contribution in [0, 0.1) is 0 Å². The summed E-state index contributed by atoms with van der Waals surface area (Å²) in [6.45, 7) is 0. The molecule has 5 rings (SSSR count). The Hall–Kier alpha value is -4.00. The van der Waals surface area contributed by atoms with Crippen molar-refractivity contribution in [3.8, 4) is 11.1 Å². The second kappa shape index (κ2) is 11.6. The van der Waals surface area contributed by atoms with Gasteiger partial charge in [0.05, 0.1) is 4.90 Å². The summed E-state index contributed by atoms with van der Waals surface area (Å²) in [4.78, 5) is 16.5. The summed E-state index contributed by atoms with van der Waals surface area (Å²) in [6.07, 6.45) is 3.56. The lowest BCUT2D eigenvalue weighted by Crippen LogP contribution is -2.07. The zero-order chi connectivity index (χ0) is 24.0. The predicted octanol–water partition coefficient (Wildman–Crippen LogP) is 5.89. The topological polar surface area (TPSA) is 93.5 Å². The molecule has 0 aliphatic rings. The Kier molecular flexibility index (Phi) is 8.10. The molecule has 0 aliphatic heterocycles. The zero-order valence-corrected chi connectivity index (χ0v) is 20.6. The summed E-state index contributed by atoms with van der Waals surface area (Å²) in [5.41, 5.74) is 5.93. The third kappa shape index (κ3) is 5.97. The fourth-order valence-corrected chi connectivity index (χ4v) is 5.24. The first-order valence-corrected chi connectivity index (χ1v) is 12.8. The van der Waals surface area contributed by atoms with Crippen LogP contribution in [0.15, 0.2) is 114 Å². The summed E-state index contributed by atoms with van der Waals surface area (Å²) < 4.78 is 16.2. The van der Waals surface area contributed by atoms with Gasteiger partial charge in [-0.15, -0.1) is 0 Å². The number of ketones is 1. The molecule has 4 N–H and O–H groups in total. The number of hydrogen-bond donors (Lipinski definition) is 2. The minimum absolute atomic E-state index is 0. The van der Waals surface area contributed by atoms with Gasteiger partial charge in [-0.2, -0.15) is 0 Å². The third-order valence-corrected chi connectivity index (χ3v) is 7.23. The van der Waals surface area contributed by atoms with Gasteiger partial charge in [-0.05, 0) is 64.4 Å². The molecule has 1 unspecified atom stereocenters. The average molecular weight is 497 g/mol. The van der Waals surface area contributed by atoms with Gasteiger partial charge in [-0.3, -0.25) is 4.79 Å². The molecular formula is C30H28N2O3S. The van der Waals surface area contributed by atoms with Crippen LogP contribution in [0.3, 0.4) is 0 Å². The Balaban J connectivity index is 0.00000304. The summed E-state index contributed by atoms with van der Waals surface area (Å²) in [5, 5.41) is 1.18. The zero-order valence-electron chi connectivity index (χ0n) is 19.7. The summed E-state index contributed by atoms with van der Waals surface area (Å²) in [7, 11) is -1.41. The lowest BCUT2D eigenvalue weighted by Gasteiger charge is -2.11. The first kappa shape index (κ1) is 25.1. The number of aryl methyl sites for hydroxylation is 1. The lowest BCUT2D eigenvalue weighted by molar-refractivity contribution is -0.118. The fourth-order valence-electron chi connectivity index (χ4n) is 4.19. The van der Waals surface area contributed by atoms with E-state index in [1.165, 1.54) is 5.39 Å². The van der Waals surface area contributed by atoms with Crippen molar-refractivity contribution in [1.82, 2.24) is 4.98 Å². The molecule has 0 saturated heterocycles. The van der Waals surface area contributed by atoms with Gasteiger partial charge in [0, 0.05) is 30.2 Å². The maximum atomic E-state index is 13.1. The fraction of sp³-hybridized carbons (Fsp3) is 0.100. The van der Waals surface area contributed by atoms with E-state index in [1.807, 2.05) is 91.1 Å². The molecule has 1 aromatic heterocycles. The molecule has 0 spiro atoms. The van der Waals surface area contributed by atoms with Gasteiger partial charge in [0.15, 0.2) is 11.0 Å². The minimum Gasteiger partial charge on any atom is -0.412 e. The number of Topliss-reactive ketones (excluding diaryl/α,β-unsaturated/α-hetero) is 1. The van der Waals surface area contributed by atoms with Gasteiger partial charge in [-0.1, -0.05) is 72.8 Å². The Bertz CT molecular complexity index is 1480. The van der Waals surface area contributed by atoms with Crippen molar-refractivity contribution >= 4 is 33.4 Å². The third-order valence-electron chi connectivity index (χ3n) is 6.05. The number of rotatable bonds is 9. The van der Waals surface area contributed by atoms with Gasteiger partial charge in [0.1, 0.15) is 5.78 Å². The van der Waals surface area contributed by atoms with E-state index in [4.69, 9.17) is 0 Å². The average Bonchev–Trinajstić information content (AvgIpc) is 3.37. The number of fused-ring (bicyclic) bond motifs is 1. The highest BCUT2D eigenvalue weighted by Gasteiger charge is 2.12. The van der Waals surface area contributed by atoms with Gasteiger partial charge in [0.25, 0.3) is 0 Å². The number of carbonyl (C=O) groups is 1. The molecule has 1 atom stereocenters. The molecule has 0 aliphatic carbocycles. The molecule has 0 bridgehead atoms. The van der Waals surface area contributed by atoms with E-state index in [-0.39, 0.29) is 11.3 Å². The summed E-state index contributed by atoms with van der Waals surface area (Å²) in [5.74, 6) is 0.206. The second-order valence-electron chi connectivity index (χ2n) is 8.54. The molecule has 6 heteroatoms. The van der Waals surface area contributed by atoms with E-state index >= 15 is 0 Å². The van der Waals surface area contributed by atoms with Crippen LogP contribution >= 0.6 is 0 Å². The first-order chi connectivity index (χ1) is 17.2. The van der Waals surface area contributed by atoms with Crippen molar-refractivity contribution in [2.75, 3.05) is 4.72 Å². The Morgan fingerprint density at radius 3 is 2.33 bits per heavy atom. The number of anilines is 1. The van der Waals surface area contributed by atoms with Crippen LogP contribution in [0.5, 0.6) is 0 Å². The number of carbonyl (C=O) groups excluding carboxylic acids is 1. The Morgan fingerprint density at radius 2 is 1.53 bits per heavy atom. The van der Waals surface area contributed by atoms with Crippen LogP contribution in [0.2, 0.25) is 0 Å². The van der Waals surface area contributed by atoms with Gasteiger partial charge >= 0.3 is 0 Å².